The Labute approximate surface area is 124 Å². The van der Waals surface area contributed by atoms with E-state index in [1.54, 1.807) is 4.90 Å². The number of aromatic hydroxyl groups is 3. The molecule has 9 nitrogen and oxygen atoms in total. The smallest absolute Gasteiger partial charge is 0.261 e. The van der Waals surface area contributed by atoms with Gasteiger partial charge in [-0.3, -0.25) is 14.6 Å². The highest BCUT2D eigenvalue weighted by Crippen LogP contribution is 2.42. The maximum atomic E-state index is 12.2. The van der Waals surface area contributed by atoms with Gasteiger partial charge in [-0.1, -0.05) is 0 Å². The fourth-order valence-electron chi connectivity index (χ4n) is 2.24. The first-order valence-electron chi connectivity index (χ1n) is 6.59. The number of anilines is 1. The molecule has 0 aliphatic rings. The van der Waals surface area contributed by atoms with Gasteiger partial charge in [-0.15, -0.1) is 0 Å². The topological polar surface area (TPSA) is 153 Å². The third kappa shape index (κ3) is 2.16. The summed E-state index contributed by atoms with van der Waals surface area (Å²) in [6, 6.07) is 0. The minimum Gasteiger partial charge on any atom is -0.504 e. The van der Waals surface area contributed by atoms with Gasteiger partial charge < -0.3 is 26.0 Å². The van der Waals surface area contributed by atoms with E-state index in [-0.39, 0.29) is 16.9 Å². The summed E-state index contributed by atoms with van der Waals surface area (Å²) in [6.07, 6.45) is 0. The number of nitrogens with zero attached hydrogens (tertiary/aromatic N) is 2. The van der Waals surface area contributed by atoms with Gasteiger partial charge in [0.25, 0.3) is 11.5 Å². The highest BCUT2D eigenvalue weighted by molar-refractivity contribution is 6.10. The normalized spacial score (nSPS) is 10.8. The number of hydrogen-bond donors (Lipinski definition) is 5. The number of rotatable bonds is 4. The van der Waals surface area contributed by atoms with Crippen LogP contribution in [0.3, 0.4) is 0 Å². The van der Waals surface area contributed by atoms with Crippen molar-refractivity contribution in [2.45, 2.75) is 13.8 Å². The van der Waals surface area contributed by atoms with Crippen LogP contribution in [-0.4, -0.2) is 44.3 Å². The van der Waals surface area contributed by atoms with Gasteiger partial charge >= 0.3 is 0 Å². The molecule has 0 aliphatic carbocycles. The molecule has 0 saturated heterocycles. The Kier molecular flexibility index (Phi) is 3.81. The first-order valence-corrected chi connectivity index (χ1v) is 6.59. The number of amides is 1. The number of H-pyrrole nitrogens is 1. The Bertz CT molecular complexity index is 810. The number of fused-ring (bicyclic) bond motifs is 1. The van der Waals surface area contributed by atoms with E-state index < -0.39 is 34.3 Å². The highest BCUT2D eigenvalue weighted by Gasteiger charge is 2.25. The summed E-state index contributed by atoms with van der Waals surface area (Å²) in [4.78, 5) is 31.9. The maximum Gasteiger partial charge on any atom is 0.261 e. The van der Waals surface area contributed by atoms with Crippen molar-refractivity contribution >= 4 is 22.8 Å². The van der Waals surface area contributed by atoms with E-state index in [0.717, 1.165) is 0 Å². The second kappa shape index (κ2) is 5.43. The van der Waals surface area contributed by atoms with Crippen LogP contribution >= 0.6 is 0 Å². The van der Waals surface area contributed by atoms with Crippen molar-refractivity contribution in [1.29, 1.82) is 0 Å². The first kappa shape index (κ1) is 15.4. The average Bonchev–Trinajstić information content (AvgIpc) is 2.47. The molecule has 6 N–H and O–H groups in total. The number of aromatic nitrogens is 2. The summed E-state index contributed by atoms with van der Waals surface area (Å²) in [5.74, 6) is -3.67. The number of hydrogen-bond acceptors (Lipinski definition) is 7. The molecule has 0 saturated carbocycles. The van der Waals surface area contributed by atoms with Gasteiger partial charge in [0, 0.05) is 13.1 Å². The lowest BCUT2D eigenvalue weighted by Crippen LogP contribution is -2.27. The Morgan fingerprint density at radius 1 is 1.18 bits per heavy atom. The molecule has 1 amide bonds. The quantitative estimate of drug-likeness (QED) is 0.498. The molecule has 0 spiro atoms. The molecular weight excluding hydrogens is 292 g/mol. The minimum absolute atomic E-state index is 0.165. The maximum absolute atomic E-state index is 12.2. The molecule has 0 radical (unpaired) electrons. The highest BCUT2D eigenvalue weighted by atomic mass is 16.3. The number of carbonyl (C=O) groups is 1. The Hall–Kier alpha value is -2.97. The summed E-state index contributed by atoms with van der Waals surface area (Å²) >= 11 is 0. The van der Waals surface area contributed by atoms with E-state index in [1.165, 1.54) is 0 Å². The molecule has 1 aromatic heterocycles. The molecule has 0 atom stereocenters. The summed E-state index contributed by atoms with van der Waals surface area (Å²) in [7, 11) is 0. The molecule has 1 aromatic carbocycles. The first-order chi connectivity index (χ1) is 10.3. The standard InChI is InChI=1S/C13H16N4O5/c1-3-17(4-2)13-15-7-5(12(22)16-13)6(11(14)21)8(18)10(20)9(7)19/h18-20H,3-4H2,1-2H3,(H2,14,21)(H,15,16,22). The number of aromatic amines is 1. The molecule has 9 heteroatoms. The zero-order chi connectivity index (χ0) is 16.6. The number of carbonyl (C=O) groups excluding carboxylic acids is 1. The lowest BCUT2D eigenvalue weighted by atomic mass is 10.1. The van der Waals surface area contributed by atoms with Gasteiger partial charge in [0.05, 0.1) is 10.9 Å². The minimum atomic E-state index is -1.12. The van der Waals surface area contributed by atoms with Gasteiger partial charge in [-0.05, 0) is 13.8 Å². The number of nitrogens with one attached hydrogen (secondary N) is 1. The number of phenolic OH excluding ortho intramolecular Hbond substituents is 2. The third-order valence-corrected chi connectivity index (χ3v) is 3.38. The van der Waals surface area contributed by atoms with Crippen molar-refractivity contribution in [2.75, 3.05) is 18.0 Å². The number of nitrogens with two attached hydrogens (primary N) is 1. The van der Waals surface area contributed by atoms with Crippen LogP contribution in [0.5, 0.6) is 17.2 Å². The zero-order valence-corrected chi connectivity index (χ0v) is 12.0. The van der Waals surface area contributed by atoms with Crippen molar-refractivity contribution in [1.82, 2.24) is 9.97 Å². The molecule has 2 aromatic rings. The van der Waals surface area contributed by atoms with E-state index in [0.29, 0.717) is 13.1 Å². The Balaban J connectivity index is 2.97. The predicted octanol–water partition coefficient (Wildman–Crippen LogP) is -0.0150. The van der Waals surface area contributed by atoms with Crippen LogP contribution in [0.1, 0.15) is 24.2 Å². The van der Waals surface area contributed by atoms with Crippen LogP contribution in [0.2, 0.25) is 0 Å². The van der Waals surface area contributed by atoms with Gasteiger partial charge in [0.15, 0.2) is 11.5 Å². The van der Waals surface area contributed by atoms with E-state index in [2.05, 4.69) is 9.97 Å². The molecule has 118 valence electrons. The summed E-state index contributed by atoms with van der Waals surface area (Å²) in [6.45, 7) is 4.77. The number of benzene rings is 1. The van der Waals surface area contributed by atoms with Crippen LogP contribution < -0.4 is 16.2 Å². The Morgan fingerprint density at radius 3 is 2.27 bits per heavy atom. The van der Waals surface area contributed by atoms with E-state index in [1.807, 2.05) is 13.8 Å². The zero-order valence-electron chi connectivity index (χ0n) is 12.0. The monoisotopic (exact) mass is 308 g/mol. The lowest BCUT2D eigenvalue weighted by molar-refractivity contribution is 0.0998. The molecule has 1 heterocycles. The third-order valence-electron chi connectivity index (χ3n) is 3.38. The molecule has 0 fully saturated rings. The van der Waals surface area contributed by atoms with Crippen molar-refractivity contribution < 1.29 is 20.1 Å². The predicted molar refractivity (Wildman–Crippen MR) is 79.4 cm³/mol. The van der Waals surface area contributed by atoms with Crippen molar-refractivity contribution in [3.63, 3.8) is 0 Å². The fourth-order valence-corrected chi connectivity index (χ4v) is 2.24. The van der Waals surface area contributed by atoms with Crippen molar-refractivity contribution in [3.05, 3.63) is 15.9 Å². The van der Waals surface area contributed by atoms with Gasteiger partial charge in [-0.25, -0.2) is 4.98 Å². The van der Waals surface area contributed by atoms with Gasteiger partial charge in [0.2, 0.25) is 11.7 Å². The SMILES string of the molecule is CCN(CC)c1nc2c(O)c(O)c(O)c(C(N)=O)c2c(=O)[nH]1. The molecular formula is C13H16N4O5. The van der Waals surface area contributed by atoms with Crippen LogP contribution in [0.25, 0.3) is 10.9 Å². The number of primary amides is 1. The lowest BCUT2D eigenvalue weighted by Gasteiger charge is -2.19. The molecule has 22 heavy (non-hydrogen) atoms. The molecule has 0 bridgehead atoms. The second-order valence-electron chi connectivity index (χ2n) is 4.57. The summed E-state index contributed by atoms with van der Waals surface area (Å²) in [5, 5.41) is 29.0. The largest absolute Gasteiger partial charge is 0.504 e. The van der Waals surface area contributed by atoms with E-state index in [4.69, 9.17) is 5.73 Å². The van der Waals surface area contributed by atoms with Gasteiger partial charge in [0.1, 0.15) is 5.52 Å². The van der Waals surface area contributed by atoms with Crippen molar-refractivity contribution in [2.24, 2.45) is 5.73 Å². The molecule has 2 rings (SSSR count). The average molecular weight is 308 g/mol. The van der Waals surface area contributed by atoms with E-state index in [9.17, 15) is 24.9 Å². The van der Waals surface area contributed by atoms with Crippen LogP contribution in [-0.2, 0) is 0 Å². The molecule has 0 aliphatic heterocycles. The van der Waals surface area contributed by atoms with Crippen molar-refractivity contribution in [3.8, 4) is 17.2 Å². The second-order valence-corrected chi connectivity index (χ2v) is 4.57. The Morgan fingerprint density at radius 2 is 1.77 bits per heavy atom. The number of phenols is 3. The van der Waals surface area contributed by atoms with E-state index >= 15 is 0 Å². The summed E-state index contributed by atoms with van der Waals surface area (Å²) < 4.78 is 0. The molecule has 0 unspecified atom stereocenters. The summed E-state index contributed by atoms with van der Waals surface area (Å²) in [5.41, 5.74) is 3.48. The van der Waals surface area contributed by atoms with Crippen LogP contribution in [0.4, 0.5) is 5.95 Å². The van der Waals surface area contributed by atoms with Crippen LogP contribution in [0, 0.1) is 0 Å². The fraction of sp³-hybridized carbons (Fsp3) is 0.308. The van der Waals surface area contributed by atoms with Crippen LogP contribution in [0.15, 0.2) is 4.79 Å². The van der Waals surface area contributed by atoms with Gasteiger partial charge in [-0.2, -0.15) is 0 Å².